The fraction of sp³-hybridized carbons (Fsp3) is 0.364. The Kier molecular flexibility index (Phi) is 4.13. The first-order valence-corrected chi connectivity index (χ1v) is 8.93. The second-order valence-corrected chi connectivity index (χ2v) is 7.17. The molecule has 5 rings (SSSR count). The van der Waals surface area contributed by atoms with Gasteiger partial charge in [-0.15, -0.1) is 0 Å². The predicted molar refractivity (Wildman–Crippen MR) is 97.8 cm³/mol. The smallest absolute Gasteiger partial charge is 0.176 e. The van der Waals surface area contributed by atoms with Crippen LogP contribution in [0.3, 0.4) is 0 Å². The molecule has 2 aromatic carbocycles. The van der Waals surface area contributed by atoms with E-state index in [4.69, 9.17) is 0 Å². The van der Waals surface area contributed by atoms with Crippen molar-refractivity contribution >= 4 is 0 Å². The van der Waals surface area contributed by atoms with Crippen LogP contribution in [-0.2, 0) is 5.60 Å². The van der Waals surface area contributed by atoms with Gasteiger partial charge in [0.2, 0.25) is 0 Å². The zero-order chi connectivity index (χ0) is 17.3. The Bertz CT molecular complexity index is 746. The Morgan fingerprint density at radius 2 is 1.44 bits per heavy atom. The molecular weight excluding hydrogens is 310 g/mol. The third-order valence-electron chi connectivity index (χ3n) is 5.57. The molecule has 0 aliphatic carbocycles. The zero-order valence-electron chi connectivity index (χ0n) is 14.2. The third-order valence-corrected chi connectivity index (χ3v) is 5.57. The fourth-order valence-electron chi connectivity index (χ4n) is 4.05. The highest BCUT2D eigenvalue weighted by Crippen LogP contribution is 2.36. The van der Waals surface area contributed by atoms with Crippen LogP contribution in [0.5, 0.6) is 0 Å². The minimum absolute atomic E-state index is 0.195. The van der Waals surface area contributed by atoms with Gasteiger partial charge < -0.3 is 10.2 Å². The van der Waals surface area contributed by atoms with E-state index in [2.05, 4.69) is 16.7 Å². The molecule has 1 atom stereocenters. The van der Waals surface area contributed by atoms with E-state index >= 15 is 0 Å². The van der Waals surface area contributed by atoms with Crippen LogP contribution in [0, 0.1) is 17.8 Å². The first-order valence-electron chi connectivity index (χ1n) is 8.93. The Labute approximate surface area is 148 Å². The summed E-state index contributed by atoms with van der Waals surface area (Å²) < 4.78 is 0. The molecule has 3 aliphatic heterocycles. The van der Waals surface area contributed by atoms with Crippen LogP contribution in [0.2, 0.25) is 0 Å². The van der Waals surface area contributed by atoms with Crippen LogP contribution in [0.1, 0.15) is 24.0 Å². The Hall–Kier alpha value is -2.12. The van der Waals surface area contributed by atoms with E-state index in [1.165, 1.54) is 0 Å². The molecule has 128 valence electrons. The summed E-state index contributed by atoms with van der Waals surface area (Å²) in [5.41, 5.74) is -1.02. The number of nitrogens with zero attached hydrogens (tertiary/aromatic N) is 1. The van der Waals surface area contributed by atoms with Crippen molar-refractivity contribution in [2.75, 3.05) is 19.6 Å². The van der Waals surface area contributed by atoms with Gasteiger partial charge in [0.05, 0.1) is 0 Å². The second kappa shape index (κ2) is 6.31. The lowest BCUT2D eigenvalue weighted by atomic mass is 9.75. The summed E-state index contributed by atoms with van der Waals surface area (Å²) in [6.45, 7) is 2.65. The highest BCUT2D eigenvalue weighted by molar-refractivity contribution is 5.45. The maximum absolute atomic E-state index is 11.5. The second-order valence-electron chi connectivity index (χ2n) is 7.17. The lowest BCUT2D eigenvalue weighted by molar-refractivity contribution is -0.0716. The molecule has 2 aromatic rings. The lowest BCUT2D eigenvalue weighted by Gasteiger charge is -2.48. The van der Waals surface area contributed by atoms with Gasteiger partial charge in [0, 0.05) is 23.6 Å². The van der Waals surface area contributed by atoms with Crippen molar-refractivity contribution in [2.45, 2.75) is 24.0 Å². The van der Waals surface area contributed by atoms with Crippen molar-refractivity contribution in [3.63, 3.8) is 0 Å². The summed E-state index contributed by atoms with van der Waals surface area (Å²) in [6.07, 6.45) is 1.95. The molecule has 3 fully saturated rings. The number of aliphatic hydroxyl groups is 2. The summed E-state index contributed by atoms with van der Waals surface area (Å²) in [5, 5.41) is 22.6. The van der Waals surface area contributed by atoms with E-state index in [-0.39, 0.29) is 5.92 Å². The van der Waals surface area contributed by atoms with Gasteiger partial charge in [-0.05, 0) is 25.9 Å². The van der Waals surface area contributed by atoms with Crippen LogP contribution in [0.15, 0.2) is 60.7 Å². The lowest BCUT2D eigenvalue weighted by Crippen LogP contribution is -2.58. The van der Waals surface area contributed by atoms with Crippen molar-refractivity contribution in [1.82, 2.24) is 4.90 Å². The highest BCUT2D eigenvalue weighted by atomic mass is 16.3. The Balaban J connectivity index is 1.76. The van der Waals surface area contributed by atoms with Crippen LogP contribution >= 0.6 is 0 Å². The van der Waals surface area contributed by atoms with Crippen molar-refractivity contribution < 1.29 is 10.2 Å². The van der Waals surface area contributed by atoms with Crippen molar-refractivity contribution in [3.05, 3.63) is 71.8 Å². The summed E-state index contributed by atoms with van der Waals surface area (Å²) in [5.74, 6) is 6.33. The fourth-order valence-corrected chi connectivity index (χ4v) is 4.05. The van der Waals surface area contributed by atoms with E-state index in [0.29, 0.717) is 6.54 Å². The predicted octanol–water partition coefficient (Wildman–Crippen LogP) is 2.38. The standard InChI is InChI=1S/C22H23NO2/c24-21(17-23-15-11-18(21)12-16-23)13-14-22(25,19-7-3-1-4-8-19)20-9-5-2-6-10-20/h1-10,18,24-25H,11-12,15-17H2/t21-/m0/s1. The number of hydrogen-bond acceptors (Lipinski definition) is 3. The van der Waals surface area contributed by atoms with Gasteiger partial charge in [-0.2, -0.15) is 0 Å². The summed E-state index contributed by atoms with van der Waals surface area (Å²) in [4.78, 5) is 2.26. The quantitative estimate of drug-likeness (QED) is 0.830. The van der Waals surface area contributed by atoms with E-state index in [9.17, 15) is 10.2 Å². The van der Waals surface area contributed by atoms with Gasteiger partial charge in [-0.3, -0.25) is 4.90 Å². The molecule has 3 nitrogen and oxygen atoms in total. The van der Waals surface area contributed by atoms with E-state index in [1.54, 1.807) is 0 Å². The van der Waals surface area contributed by atoms with Gasteiger partial charge in [0.1, 0.15) is 5.60 Å². The average Bonchev–Trinajstić information content (AvgIpc) is 2.68. The van der Waals surface area contributed by atoms with E-state index in [1.807, 2.05) is 60.7 Å². The number of benzene rings is 2. The average molecular weight is 333 g/mol. The van der Waals surface area contributed by atoms with Gasteiger partial charge in [-0.25, -0.2) is 0 Å². The summed E-state index contributed by atoms with van der Waals surface area (Å²) in [6, 6.07) is 18.9. The number of piperidine rings is 3. The minimum atomic E-state index is -1.43. The van der Waals surface area contributed by atoms with E-state index in [0.717, 1.165) is 37.1 Å². The molecule has 0 saturated carbocycles. The zero-order valence-corrected chi connectivity index (χ0v) is 14.2. The molecule has 3 saturated heterocycles. The molecule has 0 radical (unpaired) electrons. The molecule has 0 unspecified atom stereocenters. The van der Waals surface area contributed by atoms with Crippen LogP contribution in [0.25, 0.3) is 0 Å². The normalized spacial score (nSPS) is 28.2. The number of hydrogen-bond donors (Lipinski definition) is 2. The number of fused-ring (bicyclic) bond motifs is 3. The van der Waals surface area contributed by atoms with Crippen LogP contribution in [-0.4, -0.2) is 40.3 Å². The molecule has 0 aromatic heterocycles. The summed E-state index contributed by atoms with van der Waals surface area (Å²) >= 11 is 0. The highest BCUT2D eigenvalue weighted by Gasteiger charge is 2.44. The van der Waals surface area contributed by atoms with Crippen LogP contribution < -0.4 is 0 Å². The monoisotopic (exact) mass is 333 g/mol. The molecule has 0 spiro atoms. The molecule has 3 heteroatoms. The molecule has 2 bridgehead atoms. The number of rotatable bonds is 2. The Morgan fingerprint density at radius 3 is 1.88 bits per heavy atom. The Morgan fingerprint density at radius 1 is 0.920 bits per heavy atom. The molecule has 0 amide bonds. The molecule has 3 aliphatic rings. The third kappa shape index (κ3) is 2.98. The van der Waals surface area contributed by atoms with Gasteiger partial charge in [0.15, 0.2) is 5.60 Å². The van der Waals surface area contributed by atoms with Gasteiger partial charge >= 0.3 is 0 Å². The SMILES string of the molecule is OC(C#C[C@]1(O)CN2CCC1CC2)(c1ccccc1)c1ccccc1. The van der Waals surface area contributed by atoms with Crippen LogP contribution in [0.4, 0.5) is 0 Å². The maximum Gasteiger partial charge on any atom is 0.176 e. The van der Waals surface area contributed by atoms with Crippen molar-refractivity contribution in [1.29, 1.82) is 0 Å². The molecule has 25 heavy (non-hydrogen) atoms. The minimum Gasteiger partial charge on any atom is -0.376 e. The topological polar surface area (TPSA) is 43.7 Å². The van der Waals surface area contributed by atoms with Gasteiger partial charge in [0.25, 0.3) is 0 Å². The maximum atomic E-state index is 11.5. The van der Waals surface area contributed by atoms with Gasteiger partial charge in [-0.1, -0.05) is 72.5 Å². The van der Waals surface area contributed by atoms with E-state index < -0.39 is 11.2 Å². The first kappa shape index (κ1) is 16.4. The summed E-state index contributed by atoms with van der Waals surface area (Å²) in [7, 11) is 0. The molecular formula is C22H23NO2. The largest absolute Gasteiger partial charge is 0.376 e. The first-order chi connectivity index (χ1) is 12.1. The molecule has 3 heterocycles. The molecule has 2 N–H and O–H groups in total. The van der Waals surface area contributed by atoms with Crippen molar-refractivity contribution in [2.24, 2.45) is 5.92 Å². The van der Waals surface area contributed by atoms with Crippen molar-refractivity contribution in [3.8, 4) is 11.8 Å².